The van der Waals surface area contributed by atoms with E-state index in [4.69, 9.17) is 4.84 Å². The minimum absolute atomic E-state index is 0.203. The predicted octanol–water partition coefficient (Wildman–Crippen LogP) is 1.60. The molecule has 0 aliphatic carbocycles. The number of aliphatic hydroxyl groups is 2. The maximum atomic E-state index is 11.1. The molecule has 0 saturated carbocycles. The van der Waals surface area contributed by atoms with Crippen molar-refractivity contribution in [2.24, 2.45) is 0 Å². The van der Waals surface area contributed by atoms with E-state index in [0.29, 0.717) is 13.0 Å². The molecule has 0 radical (unpaired) electrons. The number of hydrogen-bond donors (Lipinski definition) is 3. The van der Waals surface area contributed by atoms with Crippen LogP contribution >= 0.6 is 8.03 Å². The third-order valence-electron chi connectivity index (χ3n) is 2.90. The molecule has 0 saturated heterocycles. The third-order valence-corrected chi connectivity index (χ3v) is 3.93. The van der Waals surface area contributed by atoms with E-state index in [-0.39, 0.29) is 19.1 Å². The maximum absolute atomic E-state index is 11.1. The molecule has 0 spiro atoms. The highest BCUT2D eigenvalue weighted by atomic mass is 31.1. The van der Waals surface area contributed by atoms with Crippen LogP contribution in [-0.4, -0.2) is 42.2 Å². The first kappa shape index (κ1) is 18.2. The van der Waals surface area contributed by atoms with Gasteiger partial charge in [0.2, 0.25) is 0 Å². The van der Waals surface area contributed by atoms with Crippen molar-refractivity contribution in [2.45, 2.75) is 31.7 Å². The van der Waals surface area contributed by atoms with Crippen LogP contribution in [0.4, 0.5) is 0 Å². The summed E-state index contributed by atoms with van der Waals surface area (Å²) in [5.41, 5.74) is 3.70. The molecule has 118 valence electrons. The van der Waals surface area contributed by atoms with Gasteiger partial charge in [-0.3, -0.25) is 4.84 Å². The Balaban J connectivity index is 2.07. The quantitative estimate of drug-likeness (QED) is 0.326. The molecule has 1 aromatic rings. The van der Waals surface area contributed by atoms with Crippen molar-refractivity contribution >= 4 is 8.03 Å². The lowest BCUT2D eigenvalue weighted by Gasteiger charge is -2.14. The van der Waals surface area contributed by atoms with E-state index in [9.17, 15) is 14.8 Å². The van der Waals surface area contributed by atoms with Gasteiger partial charge in [-0.05, 0) is 10.1 Å². The average Bonchev–Trinajstić information content (AvgIpc) is 2.50. The molecule has 3 atom stereocenters. The Bertz CT molecular complexity index is 404. The second-order valence-electron chi connectivity index (χ2n) is 4.69. The Kier molecular flexibility index (Phi) is 9.34. The molecule has 1 rings (SSSR count). The Morgan fingerprint density at radius 1 is 1.24 bits per heavy atom. The molecule has 1 aromatic carbocycles. The molecule has 21 heavy (non-hydrogen) atoms. The smallest absolute Gasteiger partial charge is 0.393 e. The van der Waals surface area contributed by atoms with Gasteiger partial charge >= 0.3 is 8.03 Å². The van der Waals surface area contributed by atoms with E-state index < -0.39 is 20.2 Å². The normalized spacial score (nSPS) is 14.7. The van der Waals surface area contributed by atoms with Crippen molar-refractivity contribution in [1.82, 2.24) is 5.48 Å². The molecule has 7 heteroatoms. The highest BCUT2D eigenvalue weighted by Gasteiger charge is 2.19. The first-order valence-electron chi connectivity index (χ1n) is 6.85. The first-order chi connectivity index (χ1) is 10.1. The SMILES string of the molecule is CO[P+](=O)CCC(O)CC(O)CNOCc1ccccc1. The fraction of sp³-hybridized carbons (Fsp3) is 0.571. The van der Waals surface area contributed by atoms with Crippen molar-refractivity contribution in [2.75, 3.05) is 19.8 Å². The van der Waals surface area contributed by atoms with Gasteiger partial charge in [-0.25, -0.2) is 0 Å². The summed E-state index contributed by atoms with van der Waals surface area (Å²) >= 11 is 0. The third kappa shape index (κ3) is 8.88. The van der Waals surface area contributed by atoms with Crippen molar-refractivity contribution in [3.8, 4) is 0 Å². The van der Waals surface area contributed by atoms with Crippen LogP contribution in [0.15, 0.2) is 30.3 Å². The van der Waals surface area contributed by atoms with Crippen LogP contribution in [0.5, 0.6) is 0 Å². The number of aliphatic hydroxyl groups excluding tert-OH is 2. The summed E-state index contributed by atoms with van der Waals surface area (Å²) in [4.78, 5) is 5.23. The predicted molar refractivity (Wildman–Crippen MR) is 80.0 cm³/mol. The van der Waals surface area contributed by atoms with Crippen molar-refractivity contribution in [3.63, 3.8) is 0 Å². The van der Waals surface area contributed by atoms with E-state index in [2.05, 4.69) is 10.0 Å². The summed E-state index contributed by atoms with van der Waals surface area (Å²) in [6, 6.07) is 9.67. The van der Waals surface area contributed by atoms with Gasteiger partial charge in [0.25, 0.3) is 0 Å². The molecule has 0 fully saturated rings. The van der Waals surface area contributed by atoms with Crippen LogP contribution in [0.25, 0.3) is 0 Å². The molecular formula is C14H23NO5P+. The zero-order valence-corrected chi connectivity index (χ0v) is 13.0. The second kappa shape index (κ2) is 10.8. The first-order valence-corrected chi connectivity index (χ1v) is 8.21. The maximum Gasteiger partial charge on any atom is 0.507 e. The second-order valence-corrected chi connectivity index (χ2v) is 6.17. The Morgan fingerprint density at radius 3 is 2.62 bits per heavy atom. The van der Waals surface area contributed by atoms with E-state index >= 15 is 0 Å². The van der Waals surface area contributed by atoms with E-state index in [1.54, 1.807) is 0 Å². The molecule has 0 bridgehead atoms. The fourth-order valence-electron chi connectivity index (χ4n) is 1.72. The molecule has 0 aliphatic heterocycles. The summed E-state index contributed by atoms with van der Waals surface area (Å²) < 4.78 is 15.7. The van der Waals surface area contributed by atoms with Gasteiger partial charge in [0.1, 0.15) is 0 Å². The van der Waals surface area contributed by atoms with Gasteiger partial charge in [0, 0.05) is 19.4 Å². The van der Waals surface area contributed by atoms with Crippen LogP contribution in [0.2, 0.25) is 0 Å². The minimum Gasteiger partial charge on any atom is -0.393 e. The van der Waals surface area contributed by atoms with Gasteiger partial charge in [-0.1, -0.05) is 30.3 Å². The molecule has 3 unspecified atom stereocenters. The van der Waals surface area contributed by atoms with E-state index in [0.717, 1.165) is 5.56 Å². The highest BCUT2D eigenvalue weighted by molar-refractivity contribution is 7.39. The summed E-state index contributed by atoms with van der Waals surface area (Å²) in [5, 5.41) is 19.4. The van der Waals surface area contributed by atoms with Gasteiger partial charge in [0.15, 0.2) is 6.16 Å². The molecule has 0 aromatic heterocycles. The fourth-order valence-corrected chi connectivity index (χ4v) is 2.42. The molecule has 0 heterocycles. The van der Waals surface area contributed by atoms with Crippen LogP contribution in [-0.2, 0) is 20.5 Å². The van der Waals surface area contributed by atoms with Crippen molar-refractivity contribution in [1.29, 1.82) is 0 Å². The standard InChI is InChI=1S/C14H23NO5P/c1-19-21(18)8-7-13(16)9-14(17)10-15-20-11-12-5-3-2-4-6-12/h2-6,13-17H,7-11H2,1H3/q+1. The summed E-state index contributed by atoms with van der Waals surface area (Å²) in [7, 11) is -0.338. The monoisotopic (exact) mass is 316 g/mol. The lowest BCUT2D eigenvalue weighted by atomic mass is 10.1. The van der Waals surface area contributed by atoms with Crippen molar-refractivity contribution in [3.05, 3.63) is 35.9 Å². The summed E-state index contributed by atoms with van der Waals surface area (Å²) in [6.45, 7) is 0.630. The number of nitrogens with one attached hydrogen (secondary N) is 1. The Labute approximate surface area is 125 Å². The van der Waals surface area contributed by atoms with Crippen LogP contribution in [0, 0.1) is 0 Å². The molecule has 6 nitrogen and oxygen atoms in total. The molecule has 0 amide bonds. The number of rotatable bonds is 11. The molecule has 3 N–H and O–H groups in total. The lowest BCUT2D eigenvalue weighted by molar-refractivity contribution is -0.00788. The number of benzene rings is 1. The van der Waals surface area contributed by atoms with Gasteiger partial charge < -0.3 is 10.2 Å². The topological polar surface area (TPSA) is 88.0 Å². The Hall–Kier alpha value is -0.880. The minimum atomic E-state index is -1.71. The zero-order valence-electron chi connectivity index (χ0n) is 12.1. The van der Waals surface area contributed by atoms with E-state index in [1.165, 1.54) is 7.11 Å². The number of hydroxylamine groups is 1. The highest BCUT2D eigenvalue weighted by Crippen LogP contribution is 2.22. The molecule has 0 aliphatic rings. The average molecular weight is 316 g/mol. The zero-order chi connectivity index (χ0) is 15.5. The summed E-state index contributed by atoms with van der Waals surface area (Å²) in [5.74, 6) is 0. The van der Waals surface area contributed by atoms with Crippen LogP contribution in [0.1, 0.15) is 18.4 Å². The van der Waals surface area contributed by atoms with E-state index in [1.807, 2.05) is 30.3 Å². The lowest BCUT2D eigenvalue weighted by Crippen LogP contribution is -2.30. The largest absolute Gasteiger partial charge is 0.507 e. The van der Waals surface area contributed by atoms with Gasteiger partial charge in [-0.2, -0.15) is 5.48 Å². The molecular weight excluding hydrogens is 293 g/mol. The summed E-state index contributed by atoms with van der Waals surface area (Å²) in [6.07, 6.45) is -0.599. The Morgan fingerprint density at radius 2 is 1.95 bits per heavy atom. The number of hydrogen-bond acceptors (Lipinski definition) is 6. The van der Waals surface area contributed by atoms with Crippen LogP contribution < -0.4 is 5.48 Å². The van der Waals surface area contributed by atoms with Crippen molar-refractivity contribution < 1.29 is 24.1 Å². The van der Waals surface area contributed by atoms with Crippen LogP contribution in [0.3, 0.4) is 0 Å². The van der Waals surface area contributed by atoms with Gasteiger partial charge in [0.05, 0.1) is 25.9 Å². The van der Waals surface area contributed by atoms with Gasteiger partial charge in [-0.15, -0.1) is 4.52 Å².